The lowest BCUT2D eigenvalue weighted by molar-refractivity contribution is -0.120. The fourth-order valence-corrected chi connectivity index (χ4v) is 3.43. The van der Waals surface area contributed by atoms with Gasteiger partial charge in [-0.1, -0.05) is 17.7 Å². The van der Waals surface area contributed by atoms with Crippen molar-refractivity contribution in [2.75, 3.05) is 12.5 Å². The lowest BCUT2D eigenvalue weighted by Crippen LogP contribution is -2.17. The first-order valence-corrected chi connectivity index (χ1v) is 9.50. The van der Waals surface area contributed by atoms with Crippen LogP contribution in [0, 0.1) is 6.92 Å². The predicted octanol–water partition coefficient (Wildman–Crippen LogP) is 4.12. The molecule has 0 saturated carbocycles. The second-order valence-corrected chi connectivity index (χ2v) is 7.45. The number of carbonyl (C=O) groups excluding carboxylic acids is 1. The Kier molecular flexibility index (Phi) is 5.99. The molecule has 1 aliphatic rings. The number of hydrogen-bond donors (Lipinski definition) is 1. The zero-order chi connectivity index (χ0) is 17.6. The van der Waals surface area contributed by atoms with E-state index in [-0.39, 0.29) is 12.7 Å². The van der Waals surface area contributed by atoms with Gasteiger partial charge in [-0.05, 0) is 47.1 Å². The number of halogens is 1. The Morgan fingerprint density at radius 1 is 1.28 bits per heavy atom. The summed E-state index contributed by atoms with van der Waals surface area (Å²) in [4.78, 5) is 13.0. The van der Waals surface area contributed by atoms with Crippen molar-refractivity contribution in [2.24, 2.45) is 5.10 Å². The SMILES string of the molecule is Cc1ccc(SCCC(=O)N/N=C\c2cc3c(cc2Br)OCO3)cc1. The van der Waals surface area contributed by atoms with Crippen molar-refractivity contribution in [1.29, 1.82) is 0 Å². The zero-order valence-electron chi connectivity index (χ0n) is 13.6. The fourth-order valence-electron chi connectivity index (χ4n) is 2.16. The van der Waals surface area contributed by atoms with Crippen LogP contribution in [0.3, 0.4) is 0 Å². The molecule has 0 saturated heterocycles. The van der Waals surface area contributed by atoms with Gasteiger partial charge in [0.2, 0.25) is 12.7 Å². The van der Waals surface area contributed by atoms with E-state index in [1.54, 1.807) is 18.0 Å². The van der Waals surface area contributed by atoms with Crippen LogP contribution in [0.15, 0.2) is 50.9 Å². The summed E-state index contributed by atoms with van der Waals surface area (Å²) in [5.74, 6) is 1.96. The van der Waals surface area contributed by atoms with Gasteiger partial charge in [0.1, 0.15) is 0 Å². The predicted molar refractivity (Wildman–Crippen MR) is 103 cm³/mol. The van der Waals surface area contributed by atoms with Gasteiger partial charge in [0.15, 0.2) is 11.5 Å². The summed E-state index contributed by atoms with van der Waals surface area (Å²) in [6.45, 7) is 2.27. The number of nitrogens with one attached hydrogen (secondary N) is 1. The number of hydrazone groups is 1. The van der Waals surface area contributed by atoms with Crippen LogP contribution < -0.4 is 14.9 Å². The average Bonchev–Trinajstić information content (AvgIpc) is 3.04. The number of nitrogens with zero attached hydrogens (tertiary/aromatic N) is 1. The molecule has 0 spiro atoms. The minimum Gasteiger partial charge on any atom is -0.454 e. The molecule has 1 heterocycles. The maximum absolute atomic E-state index is 11.9. The normalized spacial score (nSPS) is 12.6. The van der Waals surface area contributed by atoms with E-state index in [4.69, 9.17) is 9.47 Å². The van der Waals surface area contributed by atoms with Crippen LogP contribution in [0.1, 0.15) is 17.5 Å². The van der Waals surface area contributed by atoms with Crippen molar-refractivity contribution < 1.29 is 14.3 Å². The Morgan fingerprint density at radius 3 is 2.76 bits per heavy atom. The molecule has 2 aromatic rings. The largest absolute Gasteiger partial charge is 0.454 e. The quantitative estimate of drug-likeness (QED) is 0.433. The summed E-state index contributed by atoms with van der Waals surface area (Å²) in [6.07, 6.45) is 1.98. The van der Waals surface area contributed by atoms with E-state index >= 15 is 0 Å². The Morgan fingerprint density at radius 2 is 2.00 bits per heavy atom. The monoisotopic (exact) mass is 420 g/mol. The number of thioether (sulfide) groups is 1. The minimum atomic E-state index is -0.118. The average molecular weight is 421 g/mol. The maximum atomic E-state index is 11.9. The molecule has 1 amide bonds. The molecule has 25 heavy (non-hydrogen) atoms. The fraction of sp³-hybridized carbons (Fsp3) is 0.222. The molecule has 3 rings (SSSR count). The molecule has 7 heteroatoms. The van der Waals surface area contributed by atoms with Crippen LogP contribution in [0.2, 0.25) is 0 Å². The summed E-state index contributed by atoms with van der Waals surface area (Å²) in [7, 11) is 0. The van der Waals surface area contributed by atoms with E-state index in [0.717, 1.165) is 14.9 Å². The van der Waals surface area contributed by atoms with Crippen molar-refractivity contribution in [2.45, 2.75) is 18.2 Å². The van der Waals surface area contributed by atoms with E-state index in [1.807, 2.05) is 12.1 Å². The third-order valence-corrected chi connectivity index (χ3v) is 5.20. The minimum absolute atomic E-state index is 0.118. The van der Waals surface area contributed by atoms with Gasteiger partial charge >= 0.3 is 0 Å². The Balaban J connectivity index is 1.46. The van der Waals surface area contributed by atoms with Gasteiger partial charge in [-0.3, -0.25) is 4.79 Å². The molecule has 0 aliphatic carbocycles. The first kappa shape index (κ1) is 17.8. The lowest BCUT2D eigenvalue weighted by atomic mass is 10.2. The highest BCUT2D eigenvalue weighted by molar-refractivity contribution is 9.10. The molecule has 130 valence electrons. The van der Waals surface area contributed by atoms with Gasteiger partial charge in [-0.25, -0.2) is 5.43 Å². The molecule has 0 unspecified atom stereocenters. The van der Waals surface area contributed by atoms with Crippen LogP contribution >= 0.6 is 27.7 Å². The van der Waals surface area contributed by atoms with Gasteiger partial charge in [-0.15, -0.1) is 11.8 Å². The third kappa shape index (κ3) is 4.99. The zero-order valence-corrected chi connectivity index (χ0v) is 16.0. The van der Waals surface area contributed by atoms with Crippen LogP contribution in [-0.4, -0.2) is 24.7 Å². The van der Waals surface area contributed by atoms with Crippen LogP contribution in [-0.2, 0) is 4.79 Å². The molecule has 0 bridgehead atoms. The number of carbonyl (C=O) groups is 1. The van der Waals surface area contributed by atoms with Crippen molar-refractivity contribution in [1.82, 2.24) is 5.43 Å². The van der Waals surface area contributed by atoms with Gasteiger partial charge < -0.3 is 9.47 Å². The molecule has 0 radical (unpaired) electrons. The van der Waals surface area contributed by atoms with Gasteiger partial charge in [0, 0.05) is 27.1 Å². The second-order valence-electron chi connectivity index (χ2n) is 5.43. The van der Waals surface area contributed by atoms with Crippen molar-refractivity contribution in [3.63, 3.8) is 0 Å². The summed E-state index contributed by atoms with van der Waals surface area (Å²) in [5.41, 5.74) is 4.58. The summed E-state index contributed by atoms with van der Waals surface area (Å²) >= 11 is 5.10. The molecule has 1 N–H and O–H groups in total. The summed E-state index contributed by atoms with van der Waals surface area (Å²) < 4.78 is 11.4. The molecule has 5 nitrogen and oxygen atoms in total. The highest BCUT2D eigenvalue weighted by atomic mass is 79.9. The number of amides is 1. The van der Waals surface area contributed by atoms with Crippen LogP contribution in [0.5, 0.6) is 11.5 Å². The standard InChI is InChI=1S/C18H17BrN2O3S/c1-12-2-4-14(5-3-12)25-7-6-18(22)21-20-10-13-8-16-17(9-15(13)19)24-11-23-16/h2-5,8-10H,6-7,11H2,1H3,(H,21,22)/b20-10-. The van der Waals surface area contributed by atoms with Crippen LogP contribution in [0.4, 0.5) is 0 Å². The van der Waals surface area contributed by atoms with Gasteiger partial charge in [0.25, 0.3) is 0 Å². The highest BCUT2D eigenvalue weighted by Gasteiger charge is 2.15. The van der Waals surface area contributed by atoms with E-state index in [2.05, 4.69) is 57.6 Å². The Labute approximate surface area is 158 Å². The van der Waals surface area contributed by atoms with Gasteiger partial charge in [0.05, 0.1) is 6.21 Å². The smallest absolute Gasteiger partial charge is 0.240 e. The first-order valence-electron chi connectivity index (χ1n) is 7.72. The number of rotatable bonds is 6. The number of fused-ring (bicyclic) bond motifs is 1. The number of ether oxygens (including phenoxy) is 2. The van der Waals surface area contributed by atoms with Gasteiger partial charge in [-0.2, -0.15) is 5.10 Å². The summed E-state index contributed by atoms with van der Waals surface area (Å²) in [6, 6.07) is 11.9. The highest BCUT2D eigenvalue weighted by Crippen LogP contribution is 2.36. The van der Waals surface area contributed by atoms with Crippen molar-refractivity contribution in [3.8, 4) is 11.5 Å². The van der Waals surface area contributed by atoms with E-state index in [9.17, 15) is 4.79 Å². The molecule has 0 fully saturated rings. The lowest BCUT2D eigenvalue weighted by Gasteiger charge is -2.03. The van der Waals surface area contributed by atoms with Crippen molar-refractivity contribution in [3.05, 3.63) is 52.0 Å². The molecule has 0 atom stereocenters. The molecular formula is C18H17BrN2O3S. The van der Waals surface area contributed by atoms with E-state index < -0.39 is 0 Å². The molecule has 2 aromatic carbocycles. The number of hydrogen-bond acceptors (Lipinski definition) is 5. The first-order chi connectivity index (χ1) is 12.1. The number of benzene rings is 2. The van der Waals surface area contributed by atoms with Crippen LogP contribution in [0.25, 0.3) is 0 Å². The topological polar surface area (TPSA) is 59.9 Å². The maximum Gasteiger partial charge on any atom is 0.240 e. The Hall–Kier alpha value is -1.99. The van der Waals surface area contributed by atoms with Crippen molar-refractivity contribution >= 4 is 39.8 Å². The summed E-state index contributed by atoms with van der Waals surface area (Å²) in [5, 5.41) is 4.00. The Bertz CT molecular complexity index is 794. The third-order valence-electron chi connectivity index (χ3n) is 3.50. The molecule has 0 aromatic heterocycles. The molecule has 1 aliphatic heterocycles. The van der Waals surface area contributed by atoms with E-state index in [1.165, 1.54) is 5.56 Å². The van der Waals surface area contributed by atoms with E-state index in [0.29, 0.717) is 23.7 Å². The molecular weight excluding hydrogens is 404 g/mol. The second kappa shape index (κ2) is 8.40. The number of aryl methyl sites for hydroxylation is 1.